The Bertz CT molecular complexity index is 826. The Morgan fingerprint density at radius 3 is 2.50 bits per heavy atom. The maximum atomic E-state index is 12.0. The lowest BCUT2D eigenvalue weighted by Gasteiger charge is -2.08. The molecule has 0 saturated carbocycles. The van der Waals surface area contributed by atoms with E-state index < -0.39 is 0 Å². The number of aryl methyl sites for hydroxylation is 3. The molecule has 0 aliphatic heterocycles. The lowest BCUT2D eigenvalue weighted by Crippen LogP contribution is -2.01. The number of hydrogen-bond donors (Lipinski definition) is 0. The Hall–Kier alpha value is -2.09. The van der Waals surface area contributed by atoms with Crippen molar-refractivity contribution in [3.05, 3.63) is 57.4 Å². The van der Waals surface area contributed by atoms with E-state index in [4.69, 9.17) is 4.42 Å². The van der Waals surface area contributed by atoms with E-state index in [1.165, 1.54) is 0 Å². The van der Waals surface area contributed by atoms with Crippen LogP contribution in [0.25, 0.3) is 21.7 Å². The largest absolute Gasteiger partial charge is 0.422 e. The van der Waals surface area contributed by atoms with Crippen LogP contribution in [0.2, 0.25) is 0 Å². The topological polar surface area (TPSA) is 30.2 Å². The van der Waals surface area contributed by atoms with Crippen molar-refractivity contribution in [3.8, 4) is 0 Å². The minimum absolute atomic E-state index is 0.258. The molecule has 0 atom stereocenters. The van der Waals surface area contributed by atoms with Crippen molar-refractivity contribution in [2.45, 2.75) is 20.8 Å². The fourth-order valence-corrected chi connectivity index (χ4v) is 2.65. The summed E-state index contributed by atoms with van der Waals surface area (Å²) < 4.78 is 5.44. The molecule has 2 heteroatoms. The van der Waals surface area contributed by atoms with Gasteiger partial charge in [-0.3, -0.25) is 0 Å². The molecule has 2 nitrogen and oxygen atoms in total. The second-order valence-electron chi connectivity index (χ2n) is 4.84. The minimum Gasteiger partial charge on any atom is -0.422 e. The van der Waals surface area contributed by atoms with E-state index in [9.17, 15) is 4.79 Å². The van der Waals surface area contributed by atoms with E-state index in [-0.39, 0.29) is 5.63 Å². The maximum Gasteiger partial charge on any atom is 0.344 e. The summed E-state index contributed by atoms with van der Waals surface area (Å²) in [5.74, 6) is 0. The van der Waals surface area contributed by atoms with Crippen LogP contribution < -0.4 is 5.63 Å². The van der Waals surface area contributed by atoms with Crippen LogP contribution in [0.4, 0.5) is 0 Å². The van der Waals surface area contributed by atoms with Gasteiger partial charge in [-0.1, -0.05) is 18.2 Å². The third-order valence-corrected chi connectivity index (χ3v) is 3.39. The van der Waals surface area contributed by atoms with Gasteiger partial charge in [-0.2, -0.15) is 0 Å². The third-order valence-electron chi connectivity index (χ3n) is 3.39. The first-order valence-corrected chi connectivity index (χ1v) is 6.01. The van der Waals surface area contributed by atoms with E-state index in [1.807, 2.05) is 38.1 Å². The number of hydrogen-bond acceptors (Lipinski definition) is 2. The summed E-state index contributed by atoms with van der Waals surface area (Å²) in [6.45, 7) is 6.09. The van der Waals surface area contributed by atoms with E-state index in [1.54, 1.807) is 0 Å². The molecule has 90 valence electrons. The second-order valence-corrected chi connectivity index (χ2v) is 4.84. The highest BCUT2D eigenvalue weighted by atomic mass is 16.4. The second kappa shape index (κ2) is 3.70. The summed E-state index contributed by atoms with van der Waals surface area (Å²) >= 11 is 0. The maximum absolute atomic E-state index is 12.0. The zero-order valence-corrected chi connectivity index (χ0v) is 10.7. The van der Waals surface area contributed by atoms with Gasteiger partial charge in [0, 0.05) is 10.8 Å². The molecule has 0 aliphatic rings. The van der Waals surface area contributed by atoms with Crippen LogP contribution in [0.15, 0.2) is 39.5 Å². The Morgan fingerprint density at radius 1 is 0.944 bits per heavy atom. The summed E-state index contributed by atoms with van der Waals surface area (Å²) in [5, 5.41) is 2.73. The lowest BCUT2D eigenvalue weighted by atomic mass is 9.98. The van der Waals surface area contributed by atoms with Gasteiger partial charge in [0.15, 0.2) is 0 Å². The Labute approximate surface area is 105 Å². The molecule has 0 radical (unpaired) electrons. The predicted octanol–water partition coefficient (Wildman–Crippen LogP) is 3.87. The van der Waals surface area contributed by atoms with E-state index in [0.717, 1.165) is 27.5 Å². The van der Waals surface area contributed by atoms with Crippen LogP contribution in [-0.4, -0.2) is 0 Å². The van der Waals surface area contributed by atoms with Gasteiger partial charge in [0.2, 0.25) is 0 Å². The van der Waals surface area contributed by atoms with Crippen molar-refractivity contribution >= 4 is 21.7 Å². The zero-order chi connectivity index (χ0) is 12.9. The van der Waals surface area contributed by atoms with E-state index in [2.05, 4.69) is 13.0 Å². The van der Waals surface area contributed by atoms with Gasteiger partial charge in [0.05, 0.1) is 5.39 Å². The number of benzene rings is 2. The minimum atomic E-state index is -0.258. The van der Waals surface area contributed by atoms with Crippen molar-refractivity contribution in [1.82, 2.24) is 0 Å². The van der Waals surface area contributed by atoms with Crippen molar-refractivity contribution in [3.63, 3.8) is 0 Å². The molecule has 2 aromatic carbocycles. The van der Waals surface area contributed by atoms with Gasteiger partial charge < -0.3 is 4.42 Å². The Balaban J connectivity index is 2.72. The van der Waals surface area contributed by atoms with Gasteiger partial charge in [-0.15, -0.1) is 0 Å². The molecule has 3 rings (SSSR count). The normalized spacial score (nSPS) is 11.3. The lowest BCUT2D eigenvalue weighted by molar-refractivity contribution is 0.569. The number of fused-ring (bicyclic) bond motifs is 3. The molecular weight excluding hydrogens is 224 g/mol. The summed E-state index contributed by atoms with van der Waals surface area (Å²) in [4.78, 5) is 12.0. The van der Waals surface area contributed by atoms with Crippen LogP contribution in [0.5, 0.6) is 0 Å². The third kappa shape index (κ3) is 1.46. The fourth-order valence-electron chi connectivity index (χ4n) is 2.65. The van der Waals surface area contributed by atoms with E-state index >= 15 is 0 Å². The van der Waals surface area contributed by atoms with Gasteiger partial charge in [0.1, 0.15) is 5.58 Å². The molecule has 0 unspecified atom stereocenters. The summed E-state index contributed by atoms with van der Waals surface area (Å²) in [5.41, 5.74) is 3.78. The average Bonchev–Trinajstić information content (AvgIpc) is 2.29. The average molecular weight is 238 g/mol. The molecule has 0 saturated heterocycles. The smallest absolute Gasteiger partial charge is 0.344 e. The molecule has 0 fully saturated rings. The molecule has 0 amide bonds. The molecular formula is C16H14O2. The van der Waals surface area contributed by atoms with Crippen LogP contribution >= 0.6 is 0 Å². The molecule has 3 aromatic rings. The van der Waals surface area contributed by atoms with Crippen molar-refractivity contribution in [2.24, 2.45) is 0 Å². The quantitative estimate of drug-likeness (QED) is 0.439. The summed E-state index contributed by atoms with van der Waals surface area (Å²) in [7, 11) is 0. The standard InChI is InChI=1S/C16H14O2/c1-9-7-11(3)15-13(8-9)18-16(17)12-6-4-5-10(2)14(12)15/h4-8H,1-3H3. The molecule has 18 heavy (non-hydrogen) atoms. The van der Waals surface area contributed by atoms with Crippen LogP contribution in [0.1, 0.15) is 16.7 Å². The van der Waals surface area contributed by atoms with E-state index in [0.29, 0.717) is 11.0 Å². The van der Waals surface area contributed by atoms with Crippen molar-refractivity contribution in [2.75, 3.05) is 0 Å². The molecule has 0 aliphatic carbocycles. The monoisotopic (exact) mass is 238 g/mol. The summed E-state index contributed by atoms with van der Waals surface area (Å²) in [6.07, 6.45) is 0. The Morgan fingerprint density at radius 2 is 1.72 bits per heavy atom. The van der Waals surface area contributed by atoms with Crippen molar-refractivity contribution < 1.29 is 4.42 Å². The highest BCUT2D eigenvalue weighted by Crippen LogP contribution is 2.29. The summed E-state index contributed by atoms with van der Waals surface area (Å²) in [6, 6.07) is 9.79. The molecule has 1 aromatic heterocycles. The highest BCUT2D eigenvalue weighted by molar-refractivity contribution is 6.07. The van der Waals surface area contributed by atoms with Gasteiger partial charge >= 0.3 is 5.63 Å². The van der Waals surface area contributed by atoms with Crippen molar-refractivity contribution in [1.29, 1.82) is 0 Å². The fraction of sp³-hybridized carbons (Fsp3) is 0.188. The number of rotatable bonds is 0. The molecule has 1 heterocycles. The zero-order valence-electron chi connectivity index (χ0n) is 10.7. The van der Waals surface area contributed by atoms with Crippen LogP contribution in [0, 0.1) is 20.8 Å². The van der Waals surface area contributed by atoms with Crippen LogP contribution in [0.3, 0.4) is 0 Å². The first-order chi connectivity index (χ1) is 8.58. The SMILES string of the molecule is Cc1cc(C)c2c(c1)oc(=O)c1cccc(C)c12. The molecule has 0 N–H and O–H groups in total. The Kier molecular flexibility index (Phi) is 2.27. The van der Waals surface area contributed by atoms with Gasteiger partial charge in [-0.25, -0.2) is 4.79 Å². The van der Waals surface area contributed by atoms with Gasteiger partial charge in [0.25, 0.3) is 0 Å². The highest BCUT2D eigenvalue weighted by Gasteiger charge is 2.11. The van der Waals surface area contributed by atoms with Crippen LogP contribution in [-0.2, 0) is 0 Å². The first kappa shape index (κ1) is 11.0. The first-order valence-electron chi connectivity index (χ1n) is 6.01. The molecule has 0 bridgehead atoms. The molecule has 0 spiro atoms. The van der Waals surface area contributed by atoms with Gasteiger partial charge in [-0.05, 0) is 49.6 Å². The predicted molar refractivity (Wildman–Crippen MR) is 74.2 cm³/mol.